The smallest absolute Gasteiger partial charge is 0.251 e. The fraction of sp³-hybridized carbons (Fsp3) is 0.684. The van der Waals surface area contributed by atoms with Gasteiger partial charge in [-0.2, -0.15) is 0 Å². The number of pyridine rings is 1. The number of hydrogen-bond donors (Lipinski definition) is 1. The van der Waals surface area contributed by atoms with Crippen molar-refractivity contribution in [3.63, 3.8) is 0 Å². The second kappa shape index (κ2) is 6.81. The van der Waals surface area contributed by atoms with Gasteiger partial charge in [0, 0.05) is 50.7 Å². The fourth-order valence-electron chi connectivity index (χ4n) is 4.39. The molecule has 24 heavy (non-hydrogen) atoms. The Labute approximate surface area is 143 Å². The van der Waals surface area contributed by atoms with E-state index < -0.39 is 0 Å². The number of nitrogens with one attached hydrogen (secondary N) is 1. The minimum Gasteiger partial charge on any atom is -0.372 e. The molecule has 5 heteroatoms. The number of carbonyl (C=O) groups is 1. The van der Waals surface area contributed by atoms with Crippen LogP contribution in [-0.4, -0.2) is 54.2 Å². The maximum absolute atomic E-state index is 12.1. The van der Waals surface area contributed by atoms with E-state index in [1.165, 1.54) is 25.8 Å². The third kappa shape index (κ3) is 3.20. The third-order valence-electron chi connectivity index (χ3n) is 6.04. The standard InChI is InChI=1S/C19H27N3O2/c23-18(16-4-8-20-9-5-16)21-10-6-17-7-11-24-19(17)13-22(14-19)12-15-2-1-3-15/h4-5,8-9,15,17H,1-3,6-7,10-14H2,(H,21,23)/t17-/m0/s1. The van der Waals surface area contributed by atoms with Gasteiger partial charge in [0.15, 0.2) is 0 Å². The minimum absolute atomic E-state index is 0.00872. The quantitative estimate of drug-likeness (QED) is 0.868. The molecule has 1 N–H and O–H groups in total. The zero-order valence-corrected chi connectivity index (χ0v) is 14.2. The Kier molecular flexibility index (Phi) is 4.55. The van der Waals surface area contributed by atoms with Gasteiger partial charge in [-0.3, -0.25) is 14.7 Å². The van der Waals surface area contributed by atoms with Crippen molar-refractivity contribution in [2.24, 2.45) is 11.8 Å². The normalized spacial score (nSPS) is 26.1. The number of hydrogen-bond acceptors (Lipinski definition) is 4. The average Bonchev–Trinajstić information content (AvgIpc) is 2.94. The lowest BCUT2D eigenvalue weighted by Crippen LogP contribution is -2.65. The molecule has 4 rings (SSSR count). The van der Waals surface area contributed by atoms with Gasteiger partial charge in [0.2, 0.25) is 0 Å². The zero-order chi connectivity index (χ0) is 16.4. The van der Waals surface area contributed by atoms with E-state index in [4.69, 9.17) is 4.74 Å². The summed E-state index contributed by atoms with van der Waals surface area (Å²) < 4.78 is 6.13. The van der Waals surface area contributed by atoms with Gasteiger partial charge in [-0.05, 0) is 49.7 Å². The average molecular weight is 329 g/mol. The number of nitrogens with zero attached hydrogens (tertiary/aromatic N) is 2. The van der Waals surface area contributed by atoms with Crippen LogP contribution in [0.2, 0.25) is 0 Å². The summed E-state index contributed by atoms with van der Waals surface area (Å²) in [4.78, 5) is 18.6. The highest BCUT2D eigenvalue weighted by molar-refractivity contribution is 5.93. The molecule has 1 amide bonds. The van der Waals surface area contributed by atoms with Crippen molar-refractivity contribution in [3.05, 3.63) is 30.1 Å². The summed E-state index contributed by atoms with van der Waals surface area (Å²) in [5.74, 6) is 1.50. The number of amides is 1. The first-order chi connectivity index (χ1) is 11.8. The Morgan fingerprint density at radius 2 is 2.08 bits per heavy atom. The molecular weight excluding hydrogens is 302 g/mol. The summed E-state index contributed by atoms with van der Waals surface area (Å²) >= 11 is 0. The Bertz CT molecular complexity index is 567. The van der Waals surface area contributed by atoms with Gasteiger partial charge in [0.05, 0.1) is 5.60 Å². The van der Waals surface area contributed by atoms with E-state index in [9.17, 15) is 4.79 Å². The summed E-state index contributed by atoms with van der Waals surface area (Å²) in [6.45, 7) is 5.04. The molecule has 0 unspecified atom stereocenters. The van der Waals surface area contributed by atoms with E-state index in [-0.39, 0.29) is 11.5 Å². The molecule has 3 aliphatic rings. The molecule has 1 aromatic rings. The van der Waals surface area contributed by atoms with Crippen molar-refractivity contribution in [2.45, 2.75) is 37.7 Å². The lowest BCUT2D eigenvalue weighted by molar-refractivity contribution is -0.139. The van der Waals surface area contributed by atoms with Crippen molar-refractivity contribution in [1.29, 1.82) is 0 Å². The maximum atomic E-state index is 12.1. The topological polar surface area (TPSA) is 54.5 Å². The maximum Gasteiger partial charge on any atom is 0.251 e. The van der Waals surface area contributed by atoms with Crippen LogP contribution in [0.15, 0.2) is 24.5 Å². The molecule has 2 aliphatic heterocycles. The lowest BCUT2D eigenvalue weighted by Gasteiger charge is -2.52. The van der Waals surface area contributed by atoms with Gasteiger partial charge in [-0.1, -0.05) is 6.42 Å². The molecular formula is C19H27N3O2. The largest absolute Gasteiger partial charge is 0.372 e. The molecule has 0 radical (unpaired) electrons. The van der Waals surface area contributed by atoms with Gasteiger partial charge in [-0.25, -0.2) is 0 Å². The van der Waals surface area contributed by atoms with E-state index in [0.29, 0.717) is 11.5 Å². The van der Waals surface area contributed by atoms with Crippen molar-refractivity contribution < 1.29 is 9.53 Å². The van der Waals surface area contributed by atoms with Crippen LogP contribution in [0.1, 0.15) is 42.5 Å². The highest BCUT2D eigenvalue weighted by Crippen LogP contribution is 2.42. The van der Waals surface area contributed by atoms with Crippen LogP contribution in [0.5, 0.6) is 0 Å². The SMILES string of the molecule is O=C(NCC[C@H]1CCOC12CN(CC1CCC1)C2)c1ccncc1. The predicted octanol–water partition coefficient (Wildman–Crippen LogP) is 2.09. The fourth-order valence-corrected chi connectivity index (χ4v) is 4.39. The number of likely N-dealkylation sites (tertiary alicyclic amines) is 1. The molecule has 1 aromatic heterocycles. The minimum atomic E-state index is -0.00872. The molecule has 3 heterocycles. The van der Waals surface area contributed by atoms with E-state index in [0.717, 1.165) is 45.0 Å². The molecule has 1 saturated carbocycles. The summed E-state index contributed by atoms with van der Waals surface area (Å²) in [6, 6.07) is 3.50. The molecule has 1 spiro atoms. The number of rotatable bonds is 6. The van der Waals surface area contributed by atoms with Crippen molar-refractivity contribution >= 4 is 5.91 Å². The van der Waals surface area contributed by atoms with E-state index >= 15 is 0 Å². The van der Waals surface area contributed by atoms with Crippen LogP contribution < -0.4 is 5.32 Å². The van der Waals surface area contributed by atoms with Crippen LogP contribution in [0, 0.1) is 11.8 Å². The lowest BCUT2D eigenvalue weighted by atomic mass is 9.77. The predicted molar refractivity (Wildman–Crippen MR) is 91.8 cm³/mol. The third-order valence-corrected chi connectivity index (χ3v) is 6.04. The van der Waals surface area contributed by atoms with Crippen LogP contribution in [0.25, 0.3) is 0 Å². The first kappa shape index (κ1) is 16.0. The van der Waals surface area contributed by atoms with E-state index in [1.807, 2.05) is 0 Å². The summed E-state index contributed by atoms with van der Waals surface area (Å²) in [7, 11) is 0. The van der Waals surface area contributed by atoms with Gasteiger partial charge >= 0.3 is 0 Å². The van der Waals surface area contributed by atoms with Gasteiger partial charge < -0.3 is 10.1 Å². The Morgan fingerprint density at radius 1 is 1.29 bits per heavy atom. The molecule has 0 aromatic carbocycles. The van der Waals surface area contributed by atoms with Crippen LogP contribution in [0.3, 0.4) is 0 Å². The Morgan fingerprint density at radius 3 is 2.79 bits per heavy atom. The summed E-state index contributed by atoms with van der Waals surface area (Å²) in [5, 5.41) is 3.04. The van der Waals surface area contributed by atoms with Crippen molar-refractivity contribution in [2.75, 3.05) is 32.8 Å². The number of ether oxygens (including phenoxy) is 1. The molecule has 3 fully saturated rings. The molecule has 5 nitrogen and oxygen atoms in total. The highest BCUT2D eigenvalue weighted by Gasteiger charge is 2.52. The van der Waals surface area contributed by atoms with E-state index in [2.05, 4.69) is 15.2 Å². The van der Waals surface area contributed by atoms with Gasteiger partial charge in [0.25, 0.3) is 5.91 Å². The Balaban J connectivity index is 1.22. The van der Waals surface area contributed by atoms with Crippen molar-refractivity contribution in [1.82, 2.24) is 15.2 Å². The van der Waals surface area contributed by atoms with Gasteiger partial charge in [-0.15, -0.1) is 0 Å². The van der Waals surface area contributed by atoms with Crippen molar-refractivity contribution in [3.8, 4) is 0 Å². The van der Waals surface area contributed by atoms with Gasteiger partial charge in [0.1, 0.15) is 0 Å². The first-order valence-electron chi connectivity index (χ1n) is 9.30. The molecule has 1 atom stereocenters. The van der Waals surface area contributed by atoms with Crippen LogP contribution >= 0.6 is 0 Å². The van der Waals surface area contributed by atoms with E-state index in [1.54, 1.807) is 24.5 Å². The summed E-state index contributed by atoms with van der Waals surface area (Å²) in [6.07, 6.45) is 9.68. The second-order valence-electron chi connectivity index (χ2n) is 7.65. The summed E-state index contributed by atoms with van der Waals surface area (Å²) in [5.41, 5.74) is 0.753. The molecule has 0 bridgehead atoms. The molecule has 1 aliphatic carbocycles. The highest BCUT2D eigenvalue weighted by atomic mass is 16.5. The molecule has 2 saturated heterocycles. The number of carbonyl (C=O) groups excluding carboxylic acids is 1. The first-order valence-corrected chi connectivity index (χ1v) is 9.30. The Hall–Kier alpha value is -1.46. The number of aromatic nitrogens is 1. The second-order valence-corrected chi connectivity index (χ2v) is 7.65. The van der Waals surface area contributed by atoms with Crippen LogP contribution in [0.4, 0.5) is 0 Å². The monoisotopic (exact) mass is 329 g/mol. The molecule has 130 valence electrons. The zero-order valence-electron chi connectivity index (χ0n) is 14.2. The van der Waals surface area contributed by atoms with Crippen LogP contribution in [-0.2, 0) is 4.74 Å².